The maximum atomic E-state index is 13.2. The summed E-state index contributed by atoms with van der Waals surface area (Å²) in [6, 6.07) is 8.00. The summed E-state index contributed by atoms with van der Waals surface area (Å²) in [7, 11) is 5.61. The fourth-order valence-corrected chi connectivity index (χ4v) is 5.20. The minimum absolute atomic E-state index is 0.0238. The zero-order valence-corrected chi connectivity index (χ0v) is 18.2. The van der Waals surface area contributed by atoms with E-state index in [1.54, 1.807) is 11.8 Å². The zero-order chi connectivity index (χ0) is 21.6. The van der Waals surface area contributed by atoms with Crippen LogP contribution in [-0.4, -0.2) is 69.5 Å². The third-order valence-electron chi connectivity index (χ3n) is 6.85. The molecule has 0 radical (unpaired) electrons. The Morgan fingerprint density at radius 1 is 1.23 bits per heavy atom. The number of aromatic nitrogens is 4. The van der Waals surface area contributed by atoms with Gasteiger partial charge in [-0.25, -0.2) is 0 Å². The van der Waals surface area contributed by atoms with E-state index in [4.69, 9.17) is 9.15 Å². The third-order valence-corrected chi connectivity index (χ3v) is 6.85. The molecule has 1 unspecified atom stereocenters. The predicted molar refractivity (Wildman–Crippen MR) is 113 cm³/mol. The van der Waals surface area contributed by atoms with Crippen LogP contribution in [0.5, 0.6) is 0 Å². The van der Waals surface area contributed by atoms with Gasteiger partial charge in [0, 0.05) is 39.2 Å². The maximum absolute atomic E-state index is 13.2. The van der Waals surface area contributed by atoms with Crippen LogP contribution in [0.2, 0.25) is 0 Å². The number of carbonyl (C=O) groups is 1. The summed E-state index contributed by atoms with van der Waals surface area (Å²) < 4.78 is 12.7. The van der Waals surface area contributed by atoms with Gasteiger partial charge in [-0.2, -0.15) is 5.10 Å². The molecule has 2 fully saturated rings. The molecule has 2 aliphatic rings. The largest absolute Gasteiger partial charge is 0.421 e. The first-order chi connectivity index (χ1) is 15.0. The summed E-state index contributed by atoms with van der Waals surface area (Å²) in [6.45, 7) is 2.77. The van der Waals surface area contributed by atoms with Crippen LogP contribution in [0.1, 0.15) is 47.6 Å². The van der Waals surface area contributed by atoms with Crippen LogP contribution < -0.4 is 0 Å². The minimum atomic E-state index is 0.0238. The molecular formula is C22H28N6O3. The first-order valence-electron chi connectivity index (χ1n) is 10.7. The Hall–Kier alpha value is -2.78. The Kier molecular flexibility index (Phi) is 5.02. The predicted octanol–water partition coefficient (Wildman–Crippen LogP) is 2.40. The zero-order valence-electron chi connectivity index (χ0n) is 18.2. The van der Waals surface area contributed by atoms with Crippen molar-refractivity contribution in [2.24, 2.45) is 12.5 Å². The van der Waals surface area contributed by atoms with Gasteiger partial charge in [-0.05, 0) is 37.8 Å². The fraction of sp³-hybridized carbons (Fsp3) is 0.545. The molecule has 0 bridgehead atoms. The molecule has 0 aliphatic carbocycles. The Bertz CT molecular complexity index is 1100. The van der Waals surface area contributed by atoms with Crippen molar-refractivity contribution >= 4 is 16.8 Å². The average Bonchev–Trinajstić information content (AvgIpc) is 3.45. The lowest BCUT2D eigenvalue weighted by Crippen LogP contribution is -2.44. The van der Waals surface area contributed by atoms with Gasteiger partial charge in [0.2, 0.25) is 11.8 Å². The summed E-state index contributed by atoms with van der Waals surface area (Å²) in [5.41, 5.74) is 1.69. The number of ether oxygens (including phenoxy) is 1. The SMILES string of the molecule is COCc1nnc(C2CC3(CCN(C(=O)c4nn(C)c5ccccc45)CC3)CN2C)o1. The van der Waals surface area contributed by atoms with E-state index in [1.165, 1.54) is 0 Å². The minimum Gasteiger partial charge on any atom is -0.421 e. The van der Waals surface area contributed by atoms with E-state index in [0.29, 0.717) is 24.1 Å². The van der Waals surface area contributed by atoms with Crippen LogP contribution >= 0.6 is 0 Å². The summed E-state index contributed by atoms with van der Waals surface area (Å²) in [5.74, 6) is 1.19. The van der Waals surface area contributed by atoms with Crippen molar-refractivity contribution in [1.82, 2.24) is 29.8 Å². The fourth-order valence-electron chi connectivity index (χ4n) is 5.20. The molecule has 1 atom stereocenters. The Balaban J connectivity index is 1.28. The number of hydrogen-bond acceptors (Lipinski definition) is 7. The van der Waals surface area contributed by atoms with Crippen LogP contribution in [0.15, 0.2) is 28.7 Å². The number of rotatable bonds is 4. The number of methoxy groups -OCH3 is 1. The second kappa shape index (κ2) is 7.72. The summed E-state index contributed by atoms with van der Waals surface area (Å²) in [5, 5.41) is 13.8. The molecule has 3 aromatic rings. The Morgan fingerprint density at radius 2 is 2.00 bits per heavy atom. The number of nitrogens with zero attached hydrogens (tertiary/aromatic N) is 6. The maximum Gasteiger partial charge on any atom is 0.275 e. The molecule has 5 rings (SSSR count). The van der Waals surface area contributed by atoms with Crippen molar-refractivity contribution in [1.29, 1.82) is 0 Å². The molecule has 31 heavy (non-hydrogen) atoms. The highest BCUT2D eigenvalue weighted by Crippen LogP contribution is 2.48. The standard InChI is InChI=1S/C22H28N6O3/c1-26-14-22(12-17(26)20-24-23-18(31-20)13-30-3)8-10-28(11-9-22)21(29)19-15-6-4-5-7-16(15)27(2)25-19/h4-7,17H,8-14H2,1-3H3. The van der Waals surface area contributed by atoms with Gasteiger partial charge in [-0.1, -0.05) is 18.2 Å². The van der Waals surface area contributed by atoms with Gasteiger partial charge in [0.05, 0.1) is 11.6 Å². The molecule has 0 N–H and O–H groups in total. The van der Waals surface area contributed by atoms with E-state index >= 15 is 0 Å². The van der Waals surface area contributed by atoms with Gasteiger partial charge >= 0.3 is 0 Å². The number of aryl methyl sites for hydroxylation is 1. The summed E-state index contributed by atoms with van der Waals surface area (Å²) >= 11 is 0. The number of benzene rings is 1. The van der Waals surface area contributed by atoms with Crippen molar-refractivity contribution in [3.8, 4) is 0 Å². The third kappa shape index (κ3) is 3.51. The van der Waals surface area contributed by atoms with Gasteiger partial charge in [-0.15, -0.1) is 10.2 Å². The lowest BCUT2D eigenvalue weighted by atomic mass is 9.76. The molecule has 1 amide bonds. The number of fused-ring (bicyclic) bond motifs is 1. The van der Waals surface area contributed by atoms with E-state index in [9.17, 15) is 4.79 Å². The van der Waals surface area contributed by atoms with Crippen molar-refractivity contribution in [2.75, 3.05) is 33.8 Å². The summed E-state index contributed by atoms with van der Waals surface area (Å²) in [4.78, 5) is 17.5. The Morgan fingerprint density at radius 3 is 2.77 bits per heavy atom. The molecule has 2 aromatic heterocycles. The van der Waals surface area contributed by atoms with E-state index in [-0.39, 0.29) is 17.4 Å². The van der Waals surface area contributed by atoms with E-state index in [2.05, 4.69) is 27.2 Å². The number of amides is 1. The van der Waals surface area contributed by atoms with Gasteiger partial charge in [0.25, 0.3) is 5.91 Å². The lowest BCUT2D eigenvalue weighted by molar-refractivity contribution is 0.0588. The second-order valence-electron chi connectivity index (χ2n) is 8.88. The molecular weight excluding hydrogens is 396 g/mol. The van der Waals surface area contributed by atoms with Crippen LogP contribution in [0.4, 0.5) is 0 Å². The molecule has 0 saturated carbocycles. The van der Waals surface area contributed by atoms with Gasteiger partial charge < -0.3 is 14.1 Å². The molecule has 1 aromatic carbocycles. The average molecular weight is 425 g/mol. The lowest BCUT2D eigenvalue weighted by Gasteiger charge is -2.39. The summed E-state index contributed by atoms with van der Waals surface area (Å²) in [6.07, 6.45) is 2.89. The molecule has 4 heterocycles. The molecule has 164 valence electrons. The van der Waals surface area contributed by atoms with Gasteiger partial charge in [-0.3, -0.25) is 14.4 Å². The molecule has 9 heteroatoms. The van der Waals surface area contributed by atoms with Crippen LogP contribution in [0.3, 0.4) is 0 Å². The number of carbonyl (C=O) groups excluding carboxylic acids is 1. The van der Waals surface area contributed by atoms with Crippen LogP contribution in [0.25, 0.3) is 10.9 Å². The molecule has 1 spiro atoms. The normalized spacial score (nSPS) is 21.4. The number of likely N-dealkylation sites (tertiary alicyclic amines) is 2. The van der Waals surface area contributed by atoms with Gasteiger partial charge in [0.1, 0.15) is 6.61 Å². The first kappa shape index (κ1) is 20.1. The van der Waals surface area contributed by atoms with Crippen molar-refractivity contribution in [3.63, 3.8) is 0 Å². The molecule has 9 nitrogen and oxygen atoms in total. The monoisotopic (exact) mass is 424 g/mol. The van der Waals surface area contributed by atoms with E-state index in [1.807, 2.05) is 36.2 Å². The second-order valence-corrected chi connectivity index (χ2v) is 8.88. The van der Waals surface area contributed by atoms with Crippen LogP contribution in [-0.2, 0) is 18.4 Å². The van der Waals surface area contributed by atoms with Crippen molar-refractivity contribution in [3.05, 3.63) is 41.7 Å². The highest BCUT2D eigenvalue weighted by molar-refractivity contribution is 6.04. The highest BCUT2D eigenvalue weighted by atomic mass is 16.5. The molecule has 2 aliphatic heterocycles. The number of piperidine rings is 1. The van der Waals surface area contributed by atoms with Crippen LogP contribution in [0, 0.1) is 5.41 Å². The Labute approximate surface area is 181 Å². The van der Waals surface area contributed by atoms with Gasteiger partial charge in [0.15, 0.2) is 5.69 Å². The van der Waals surface area contributed by atoms with E-state index in [0.717, 1.165) is 49.8 Å². The van der Waals surface area contributed by atoms with E-state index < -0.39 is 0 Å². The number of hydrogen-bond donors (Lipinski definition) is 0. The molecule has 2 saturated heterocycles. The smallest absolute Gasteiger partial charge is 0.275 e. The quantitative estimate of drug-likeness (QED) is 0.635. The number of para-hydroxylation sites is 1. The van der Waals surface area contributed by atoms with Crippen molar-refractivity contribution in [2.45, 2.75) is 31.9 Å². The first-order valence-corrected chi connectivity index (χ1v) is 10.7. The van der Waals surface area contributed by atoms with Crippen molar-refractivity contribution < 1.29 is 13.9 Å². The topological polar surface area (TPSA) is 89.5 Å². The highest BCUT2D eigenvalue weighted by Gasteiger charge is 2.47.